The van der Waals surface area contributed by atoms with Crippen molar-refractivity contribution in [1.82, 2.24) is 3.26 Å². The number of hydrogen-bond acceptors (Lipinski definition) is 2. The number of aliphatic hydroxyl groups is 1. The van der Waals surface area contributed by atoms with Crippen molar-refractivity contribution in [2.75, 3.05) is 6.61 Å². The topological polar surface area (TPSA) is 32.3 Å². The molecule has 0 heterocycles. The predicted octanol–water partition coefficient (Wildman–Crippen LogP) is -2.74. The van der Waals surface area contributed by atoms with Crippen LogP contribution in [0.5, 0.6) is 0 Å². The maximum atomic E-state index is 9.29. The Kier molecular flexibility index (Phi) is 9.59. The minimum Gasteiger partial charge on any atom is -1.00 e. The van der Waals surface area contributed by atoms with Crippen molar-refractivity contribution in [3.63, 3.8) is 0 Å². The molecular formula is C17H25Cl2NOZr. The van der Waals surface area contributed by atoms with Gasteiger partial charge >= 0.3 is 131 Å². The van der Waals surface area contributed by atoms with E-state index in [1.807, 2.05) is 0 Å². The third kappa shape index (κ3) is 5.69. The van der Waals surface area contributed by atoms with E-state index in [-0.39, 0.29) is 37.0 Å². The molecule has 0 bridgehead atoms. The zero-order chi connectivity index (χ0) is 14.8. The Balaban J connectivity index is 0.00000220. The summed E-state index contributed by atoms with van der Waals surface area (Å²) in [6.45, 7) is 9.22. The first kappa shape index (κ1) is 22.2. The average Bonchev–Trinajstić information content (AvgIpc) is 2.79. The van der Waals surface area contributed by atoms with Crippen LogP contribution in [0.1, 0.15) is 48.9 Å². The summed E-state index contributed by atoms with van der Waals surface area (Å²) < 4.78 is 5.99. The maximum absolute atomic E-state index is 9.29. The molecule has 1 aliphatic rings. The first-order valence-corrected chi connectivity index (χ1v) is 11.2. The van der Waals surface area contributed by atoms with Gasteiger partial charge in [-0.3, -0.25) is 0 Å². The Labute approximate surface area is 154 Å². The third-order valence-corrected chi connectivity index (χ3v) is 11.7. The van der Waals surface area contributed by atoms with Gasteiger partial charge in [0.05, 0.1) is 0 Å². The van der Waals surface area contributed by atoms with E-state index in [1.54, 1.807) is 0 Å². The van der Waals surface area contributed by atoms with Crippen molar-refractivity contribution in [3.8, 4) is 0 Å². The number of halogens is 2. The van der Waals surface area contributed by atoms with Crippen LogP contribution in [0.3, 0.4) is 0 Å². The first-order chi connectivity index (χ1) is 9.42. The largest absolute Gasteiger partial charge is 1.00 e. The van der Waals surface area contributed by atoms with Gasteiger partial charge in [0.15, 0.2) is 0 Å². The molecule has 1 aromatic carbocycles. The zero-order valence-electron chi connectivity index (χ0n) is 13.7. The molecule has 1 unspecified atom stereocenters. The smallest absolute Gasteiger partial charge is 1.00 e. The normalized spacial score (nSPS) is 16.4. The van der Waals surface area contributed by atoms with Gasteiger partial charge in [0.1, 0.15) is 0 Å². The number of rotatable bonds is 4. The van der Waals surface area contributed by atoms with Crippen LogP contribution in [0.2, 0.25) is 0 Å². The summed E-state index contributed by atoms with van der Waals surface area (Å²) in [7, 11) is 0. The second-order valence-corrected chi connectivity index (χ2v) is 12.8. The van der Waals surface area contributed by atoms with Gasteiger partial charge in [-0.25, -0.2) is 0 Å². The molecule has 0 radical (unpaired) electrons. The first-order valence-electron chi connectivity index (χ1n) is 7.28. The van der Waals surface area contributed by atoms with Gasteiger partial charge in [-0.2, -0.15) is 0 Å². The van der Waals surface area contributed by atoms with Crippen LogP contribution in [0.15, 0.2) is 30.3 Å². The van der Waals surface area contributed by atoms with Crippen LogP contribution < -0.4 is 28.1 Å². The molecule has 0 aliphatic heterocycles. The van der Waals surface area contributed by atoms with Crippen molar-refractivity contribution >= 4 is 9.28 Å². The monoisotopic (exact) mass is 419 g/mol. The van der Waals surface area contributed by atoms with Gasteiger partial charge in [-0.05, 0) is 0 Å². The molecule has 1 aliphatic carbocycles. The Morgan fingerprint density at radius 2 is 1.86 bits per heavy atom. The maximum Gasteiger partial charge on any atom is -1.00 e. The molecule has 22 heavy (non-hydrogen) atoms. The molecular weight excluding hydrogens is 396 g/mol. The third-order valence-electron chi connectivity index (χ3n) is 3.57. The number of hydrogen-bond donors (Lipinski definition) is 2. The van der Waals surface area contributed by atoms with Crippen molar-refractivity contribution in [3.05, 3.63) is 41.5 Å². The van der Waals surface area contributed by atoms with E-state index in [2.05, 4.69) is 67.4 Å². The van der Waals surface area contributed by atoms with Crippen LogP contribution in [-0.2, 0) is 21.6 Å². The van der Waals surface area contributed by atoms with Crippen LogP contribution in [0.25, 0.3) is 6.08 Å². The van der Waals surface area contributed by atoms with Gasteiger partial charge in [0, 0.05) is 0 Å². The SMILES string of the molecule is C/[C](CCO)=[Zr+2](\[NH]C(C)(C)C)[CH]1C=Cc2ccccc21.[Cl-].[Cl-]. The van der Waals surface area contributed by atoms with Crippen LogP contribution in [0, 0.1) is 0 Å². The Morgan fingerprint density at radius 1 is 1.23 bits per heavy atom. The van der Waals surface area contributed by atoms with E-state index in [4.69, 9.17) is 0 Å². The molecule has 0 amide bonds. The summed E-state index contributed by atoms with van der Waals surface area (Å²) in [6.07, 6.45) is 5.47. The van der Waals surface area contributed by atoms with E-state index in [0.717, 1.165) is 6.42 Å². The number of fused-ring (bicyclic) bond motifs is 1. The van der Waals surface area contributed by atoms with Crippen LogP contribution in [0.4, 0.5) is 0 Å². The summed E-state index contributed by atoms with van der Waals surface area (Å²) in [5.74, 6) is 0. The minimum absolute atomic E-state index is 0. The summed E-state index contributed by atoms with van der Waals surface area (Å²) in [5.41, 5.74) is 2.97. The second kappa shape index (κ2) is 9.49. The summed E-state index contributed by atoms with van der Waals surface area (Å²) in [6, 6.07) is 8.70. The van der Waals surface area contributed by atoms with E-state index >= 15 is 0 Å². The van der Waals surface area contributed by atoms with Crippen LogP contribution >= 0.6 is 0 Å². The molecule has 0 fully saturated rings. The molecule has 5 heteroatoms. The Hall–Kier alpha value is 0.213. The number of benzene rings is 1. The molecule has 1 atom stereocenters. The summed E-state index contributed by atoms with van der Waals surface area (Å²) in [5, 5.41) is 9.29. The molecule has 0 spiro atoms. The molecule has 2 nitrogen and oxygen atoms in total. The average molecular weight is 422 g/mol. The predicted molar refractivity (Wildman–Crippen MR) is 83.5 cm³/mol. The molecule has 2 rings (SSSR count). The van der Waals surface area contributed by atoms with Crippen LogP contribution in [-0.4, -0.2) is 20.5 Å². The van der Waals surface area contributed by atoms with Crippen molar-refractivity contribution in [2.24, 2.45) is 0 Å². The molecule has 0 saturated heterocycles. The standard InChI is InChI=1S/C9H7.C4H10N.C4H8O.2ClH.Zr/c1-2-5-9-7-3-6-8(9)4-1;1-4(2,3)5;1-2-3-4-5;;;/h1-7H;5H,1-3H3;5H,3-4H2,1H3;2*1H;/q;-1;;;;+3/p-2. The number of nitrogens with one attached hydrogen (secondary N) is 1. The Bertz CT molecular complexity index is 550. The fourth-order valence-corrected chi connectivity index (χ4v) is 9.91. The summed E-state index contributed by atoms with van der Waals surface area (Å²) >= 11 is -2.01. The Morgan fingerprint density at radius 3 is 2.45 bits per heavy atom. The fourth-order valence-electron chi connectivity index (χ4n) is 2.66. The van der Waals surface area contributed by atoms with E-state index < -0.39 is 21.6 Å². The number of aliphatic hydroxyl groups excluding tert-OH is 1. The van der Waals surface area contributed by atoms with E-state index in [9.17, 15) is 5.11 Å². The van der Waals surface area contributed by atoms with Crippen molar-refractivity contribution in [1.29, 1.82) is 0 Å². The van der Waals surface area contributed by atoms with Gasteiger partial charge in [0.2, 0.25) is 0 Å². The quantitative estimate of drug-likeness (QED) is 0.553. The second-order valence-electron chi connectivity index (χ2n) is 6.51. The fraction of sp³-hybridized carbons (Fsp3) is 0.471. The minimum atomic E-state index is -2.01. The molecule has 2 N–H and O–H groups in total. The molecule has 1 aromatic rings. The molecule has 0 saturated carbocycles. The van der Waals surface area contributed by atoms with Gasteiger partial charge in [0.25, 0.3) is 0 Å². The number of allylic oxidation sites excluding steroid dienone is 1. The van der Waals surface area contributed by atoms with E-state index in [0.29, 0.717) is 3.63 Å². The van der Waals surface area contributed by atoms with Gasteiger partial charge < -0.3 is 24.8 Å². The van der Waals surface area contributed by atoms with Gasteiger partial charge in [-0.1, -0.05) is 0 Å². The van der Waals surface area contributed by atoms with Crippen molar-refractivity contribution in [2.45, 2.75) is 43.3 Å². The summed E-state index contributed by atoms with van der Waals surface area (Å²) in [4.78, 5) is 0. The molecule has 0 aromatic heterocycles. The van der Waals surface area contributed by atoms with Gasteiger partial charge in [-0.15, -0.1) is 0 Å². The van der Waals surface area contributed by atoms with Crippen molar-refractivity contribution < 1.29 is 51.5 Å². The zero-order valence-corrected chi connectivity index (χ0v) is 17.6. The van der Waals surface area contributed by atoms with E-state index in [1.165, 1.54) is 14.3 Å². The molecule has 122 valence electrons.